The van der Waals surface area contributed by atoms with E-state index in [0.717, 1.165) is 5.56 Å². The molecule has 2 aliphatic rings. The van der Waals surface area contributed by atoms with E-state index in [1.165, 1.54) is 19.3 Å². The summed E-state index contributed by atoms with van der Waals surface area (Å²) in [5.41, 5.74) is 0.864. The zero-order valence-electron chi connectivity index (χ0n) is 12.4. The SMILES string of the molecule is CC(C1CCC1)N1CCC(=O)NC(c2ccccc2)C1=O. The highest BCUT2D eigenvalue weighted by atomic mass is 16.2. The van der Waals surface area contributed by atoms with E-state index in [4.69, 9.17) is 0 Å². The van der Waals surface area contributed by atoms with Crippen LogP contribution in [0.5, 0.6) is 0 Å². The van der Waals surface area contributed by atoms with Gasteiger partial charge in [-0.05, 0) is 31.2 Å². The molecule has 1 aliphatic heterocycles. The summed E-state index contributed by atoms with van der Waals surface area (Å²) in [7, 11) is 0. The molecule has 0 aromatic heterocycles. The van der Waals surface area contributed by atoms with Crippen LogP contribution in [0.15, 0.2) is 30.3 Å². The highest BCUT2D eigenvalue weighted by molar-refractivity contribution is 5.91. The van der Waals surface area contributed by atoms with Crippen LogP contribution in [0.4, 0.5) is 0 Å². The van der Waals surface area contributed by atoms with E-state index in [1.54, 1.807) is 0 Å². The molecule has 21 heavy (non-hydrogen) atoms. The minimum absolute atomic E-state index is 0.0338. The average Bonchev–Trinajstić information content (AvgIpc) is 2.57. The molecule has 4 nitrogen and oxygen atoms in total. The standard InChI is InChI=1S/C17H22N2O2/c1-12(13-8-5-9-13)19-11-10-15(20)18-16(17(19)21)14-6-3-2-4-7-14/h2-4,6-7,12-13,16H,5,8-11H2,1H3,(H,18,20). The molecule has 2 unspecified atom stereocenters. The topological polar surface area (TPSA) is 49.4 Å². The van der Waals surface area contributed by atoms with Crippen molar-refractivity contribution in [2.75, 3.05) is 6.54 Å². The van der Waals surface area contributed by atoms with E-state index in [-0.39, 0.29) is 17.9 Å². The summed E-state index contributed by atoms with van der Waals surface area (Å²) in [5, 5.41) is 2.87. The Balaban J connectivity index is 1.85. The van der Waals surface area contributed by atoms with E-state index in [9.17, 15) is 9.59 Å². The summed E-state index contributed by atoms with van der Waals surface area (Å²) in [6, 6.07) is 9.22. The molecular formula is C17H22N2O2. The first kappa shape index (κ1) is 14.1. The summed E-state index contributed by atoms with van der Waals surface area (Å²) in [6.45, 7) is 2.66. The number of benzene rings is 1. The number of nitrogens with one attached hydrogen (secondary N) is 1. The van der Waals surface area contributed by atoms with Gasteiger partial charge in [0.15, 0.2) is 0 Å². The van der Waals surface area contributed by atoms with Crippen molar-refractivity contribution in [2.24, 2.45) is 5.92 Å². The molecule has 0 spiro atoms. The molecule has 1 aliphatic carbocycles. The number of hydrogen-bond donors (Lipinski definition) is 1. The van der Waals surface area contributed by atoms with Gasteiger partial charge in [0.05, 0.1) is 0 Å². The normalized spacial score (nSPS) is 25.0. The van der Waals surface area contributed by atoms with Crippen LogP contribution in [-0.2, 0) is 9.59 Å². The molecule has 2 fully saturated rings. The number of nitrogens with zero attached hydrogens (tertiary/aromatic N) is 1. The molecule has 1 aromatic carbocycles. The van der Waals surface area contributed by atoms with Crippen molar-refractivity contribution in [3.05, 3.63) is 35.9 Å². The lowest BCUT2D eigenvalue weighted by molar-refractivity contribution is -0.137. The maximum Gasteiger partial charge on any atom is 0.250 e. The number of carbonyl (C=O) groups is 2. The summed E-state index contributed by atoms with van der Waals surface area (Å²) in [5.74, 6) is 0.588. The van der Waals surface area contributed by atoms with Crippen molar-refractivity contribution < 1.29 is 9.59 Å². The molecular weight excluding hydrogens is 264 g/mol. The van der Waals surface area contributed by atoms with Crippen LogP contribution >= 0.6 is 0 Å². The van der Waals surface area contributed by atoms with Crippen molar-refractivity contribution in [2.45, 2.75) is 44.7 Å². The fraction of sp³-hybridized carbons (Fsp3) is 0.529. The first-order chi connectivity index (χ1) is 10.2. The second-order valence-corrected chi connectivity index (χ2v) is 6.12. The van der Waals surface area contributed by atoms with Crippen LogP contribution in [0.3, 0.4) is 0 Å². The van der Waals surface area contributed by atoms with Crippen LogP contribution in [0.25, 0.3) is 0 Å². The van der Waals surface area contributed by atoms with Crippen molar-refractivity contribution in [1.82, 2.24) is 10.2 Å². The van der Waals surface area contributed by atoms with Gasteiger partial charge in [-0.2, -0.15) is 0 Å². The van der Waals surface area contributed by atoms with Crippen LogP contribution in [0.2, 0.25) is 0 Å². The Morgan fingerprint density at radius 2 is 1.90 bits per heavy atom. The Labute approximate surface area is 125 Å². The van der Waals surface area contributed by atoms with Gasteiger partial charge < -0.3 is 10.2 Å². The van der Waals surface area contributed by atoms with Crippen molar-refractivity contribution in [3.8, 4) is 0 Å². The molecule has 112 valence electrons. The molecule has 1 saturated carbocycles. The zero-order valence-corrected chi connectivity index (χ0v) is 12.4. The lowest BCUT2D eigenvalue weighted by Crippen LogP contribution is -2.47. The second kappa shape index (κ2) is 5.88. The Morgan fingerprint density at radius 3 is 2.52 bits per heavy atom. The van der Waals surface area contributed by atoms with Crippen molar-refractivity contribution in [3.63, 3.8) is 0 Å². The monoisotopic (exact) mass is 286 g/mol. The average molecular weight is 286 g/mol. The Morgan fingerprint density at radius 1 is 1.19 bits per heavy atom. The van der Waals surface area contributed by atoms with Gasteiger partial charge in [0, 0.05) is 19.0 Å². The van der Waals surface area contributed by atoms with Crippen molar-refractivity contribution >= 4 is 11.8 Å². The minimum Gasteiger partial charge on any atom is -0.340 e. The van der Waals surface area contributed by atoms with E-state index < -0.39 is 6.04 Å². The summed E-state index contributed by atoms with van der Waals surface area (Å²) in [6.07, 6.45) is 4.05. The Bertz CT molecular complexity index is 525. The maximum absolute atomic E-state index is 12.9. The molecule has 0 bridgehead atoms. The third-order valence-electron chi connectivity index (χ3n) is 4.87. The highest BCUT2D eigenvalue weighted by Gasteiger charge is 2.37. The first-order valence-electron chi connectivity index (χ1n) is 7.81. The fourth-order valence-corrected chi connectivity index (χ4v) is 3.25. The third-order valence-corrected chi connectivity index (χ3v) is 4.87. The van der Waals surface area contributed by atoms with Crippen molar-refractivity contribution in [1.29, 1.82) is 0 Å². The van der Waals surface area contributed by atoms with Gasteiger partial charge in [-0.25, -0.2) is 0 Å². The van der Waals surface area contributed by atoms with Gasteiger partial charge in [-0.15, -0.1) is 0 Å². The van der Waals surface area contributed by atoms with E-state index in [1.807, 2.05) is 35.2 Å². The quantitative estimate of drug-likeness (QED) is 0.926. The summed E-state index contributed by atoms with van der Waals surface area (Å²) < 4.78 is 0. The van der Waals surface area contributed by atoms with Crippen LogP contribution < -0.4 is 5.32 Å². The lowest BCUT2D eigenvalue weighted by Gasteiger charge is -2.39. The first-order valence-corrected chi connectivity index (χ1v) is 7.81. The third kappa shape index (κ3) is 2.80. The van der Waals surface area contributed by atoms with Gasteiger partial charge in [-0.1, -0.05) is 36.8 Å². The van der Waals surface area contributed by atoms with E-state index in [2.05, 4.69) is 12.2 Å². The maximum atomic E-state index is 12.9. The molecule has 1 N–H and O–H groups in total. The predicted molar refractivity (Wildman–Crippen MR) is 80.5 cm³/mol. The minimum atomic E-state index is -0.538. The summed E-state index contributed by atoms with van der Waals surface area (Å²) >= 11 is 0. The van der Waals surface area contributed by atoms with Gasteiger partial charge >= 0.3 is 0 Å². The smallest absolute Gasteiger partial charge is 0.250 e. The summed E-state index contributed by atoms with van der Waals surface area (Å²) in [4.78, 5) is 26.7. The molecule has 2 atom stereocenters. The molecule has 1 heterocycles. The van der Waals surface area contributed by atoms with E-state index in [0.29, 0.717) is 18.9 Å². The van der Waals surface area contributed by atoms with Gasteiger partial charge in [0.25, 0.3) is 0 Å². The molecule has 1 aromatic rings. The zero-order chi connectivity index (χ0) is 14.8. The number of hydrogen-bond acceptors (Lipinski definition) is 2. The second-order valence-electron chi connectivity index (χ2n) is 6.12. The van der Waals surface area contributed by atoms with Gasteiger partial charge in [-0.3, -0.25) is 9.59 Å². The number of amides is 2. The van der Waals surface area contributed by atoms with E-state index >= 15 is 0 Å². The Kier molecular flexibility index (Phi) is 3.95. The molecule has 0 radical (unpaired) electrons. The number of carbonyl (C=O) groups excluding carboxylic acids is 2. The number of rotatable bonds is 3. The predicted octanol–water partition coefficient (Wildman–Crippen LogP) is 2.26. The molecule has 1 saturated heterocycles. The molecule has 4 heteroatoms. The molecule has 3 rings (SSSR count). The largest absolute Gasteiger partial charge is 0.340 e. The van der Waals surface area contributed by atoms with Gasteiger partial charge in [0.2, 0.25) is 11.8 Å². The Hall–Kier alpha value is -1.84. The van der Waals surface area contributed by atoms with Gasteiger partial charge in [0.1, 0.15) is 6.04 Å². The lowest BCUT2D eigenvalue weighted by atomic mass is 9.79. The fourth-order valence-electron chi connectivity index (χ4n) is 3.25. The van der Waals surface area contributed by atoms with Crippen LogP contribution in [0, 0.1) is 5.92 Å². The van der Waals surface area contributed by atoms with Crippen LogP contribution in [-0.4, -0.2) is 29.3 Å². The molecule has 2 amide bonds. The van der Waals surface area contributed by atoms with Crippen LogP contribution in [0.1, 0.15) is 44.2 Å². The highest BCUT2D eigenvalue weighted by Crippen LogP contribution is 2.33.